The van der Waals surface area contributed by atoms with Crippen LogP contribution in [0.4, 0.5) is 0 Å². The molecule has 8 aromatic carbocycles. The molecule has 0 saturated heterocycles. The number of benzene rings is 8. The third-order valence-electron chi connectivity index (χ3n) is 10.6. The lowest BCUT2D eigenvalue weighted by molar-refractivity contribution is 1.04. The minimum Gasteiger partial charge on any atom is -0.398 e. The number of nitrogens with two attached hydrogens (primary N) is 1. The molecule has 0 aromatic heterocycles. The lowest BCUT2D eigenvalue weighted by atomic mass is 9.81. The topological polar surface area (TPSA) is 26.0 Å². The fraction of sp³-hybridized carbons (Fsp3) is 0.0588. The normalized spacial score (nSPS) is 13.3. The van der Waals surface area contributed by atoms with Crippen LogP contribution >= 0.6 is 0 Å². The molecule has 0 radical (unpaired) electrons. The maximum absolute atomic E-state index is 6.50. The molecule has 0 atom stereocenters. The SMILES string of the molecule is N/C(=C\C=C/Cc1cccc(-c2c3ccccc3c(C3=c4ccccc4=C(c4ccccc4)CC3)c3ccccc23)c1)c1ccc2ccccc2c1. The Morgan fingerprint density at radius 2 is 1.06 bits per heavy atom. The van der Waals surface area contributed by atoms with Gasteiger partial charge in [-0.1, -0.05) is 176 Å². The fourth-order valence-corrected chi connectivity index (χ4v) is 8.19. The summed E-state index contributed by atoms with van der Waals surface area (Å²) in [4.78, 5) is 0. The summed E-state index contributed by atoms with van der Waals surface area (Å²) in [6.07, 6.45) is 9.12. The van der Waals surface area contributed by atoms with Crippen molar-refractivity contribution < 1.29 is 0 Å². The maximum Gasteiger partial charge on any atom is 0.0387 e. The largest absolute Gasteiger partial charge is 0.398 e. The molecular weight excluding hydrogens is 627 g/mol. The van der Waals surface area contributed by atoms with Crippen LogP contribution in [0.2, 0.25) is 0 Å². The molecular formula is C51H39N. The van der Waals surface area contributed by atoms with Crippen molar-refractivity contribution in [3.63, 3.8) is 0 Å². The minimum atomic E-state index is 0.765. The van der Waals surface area contributed by atoms with Crippen molar-refractivity contribution in [3.8, 4) is 11.1 Å². The number of rotatable bonds is 7. The van der Waals surface area contributed by atoms with Crippen molar-refractivity contribution in [2.24, 2.45) is 5.73 Å². The summed E-state index contributed by atoms with van der Waals surface area (Å²) in [6, 6.07) is 61.7. The van der Waals surface area contributed by atoms with Crippen LogP contribution in [-0.2, 0) is 6.42 Å². The maximum atomic E-state index is 6.50. The van der Waals surface area contributed by atoms with E-state index in [2.05, 4.69) is 182 Å². The number of hydrogen-bond donors (Lipinski definition) is 1. The van der Waals surface area contributed by atoms with Crippen LogP contribution in [0.25, 0.3) is 60.3 Å². The highest BCUT2D eigenvalue weighted by Crippen LogP contribution is 2.43. The average Bonchev–Trinajstić information content (AvgIpc) is 3.21. The smallest absolute Gasteiger partial charge is 0.0387 e. The molecule has 1 nitrogen and oxygen atoms in total. The Balaban J connectivity index is 1.13. The molecule has 0 heterocycles. The summed E-state index contributed by atoms with van der Waals surface area (Å²) < 4.78 is 0. The third-order valence-corrected chi connectivity index (χ3v) is 10.6. The molecule has 2 N–H and O–H groups in total. The molecule has 0 aliphatic heterocycles. The van der Waals surface area contributed by atoms with Crippen LogP contribution < -0.4 is 16.2 Å². The predicted molar refractivity (Wildman–Crippen MR) is 222 cm³/mol. The van der Waals surface area contributed by atoms with Crippen molar-refractivity contribution in [1.82, 2.24) is 0 Å². The van der Waals surface area contributed by atoms with Gasteiger partial charge in [-0.25, -0.2) is 0 Å². The van der Waals surface area contributed by atoms with Crippen molar-refractivity contribution in [3.05, 3.63) is 221 Å². The fourth-order valence-electron chi connectivity index (χ4n) is 8.19. The van der Waals surface area contributed by atoms with Gasteiger partial charge in [-0.3, -0.25) is 0 Å². The van der Waals surface area contributed by atoms with Gasteiger partial charge in [0.1, 0.15) is 0 Å². The van der Waals surface area contributed by atoms with Gasteiger partial charge in [0.15, 0.2) is 0 Å². The van der Waals surface area contributed by atoms with E-state index < -0.39 is 0 Å². The van der Waals surface area contributed by atoms with Gasteiger partial charge in [0.2, 0.25) is 0 Å². The quantitative estimate of drug-likeness (QED) is 0.133. The van der Waals surface area contributed by atoms with Gasteiger partial charge >= 0.3 is 0 Å². The second kappa shape index (κ2) is 13.7. The molecule has 1 aliphatic carbocycles. The summed E-state index contributed by atoms with van der Waals surface area (Å²) in [5.74, 6) is 0. The molecule has 1 aliphatic rings. The zero-order chi connectivity index (χ0) is 34.9. The predicted octanol–water partition coefficient (Wildman–Crippen LogP) is 11.1. The van der Waals surface area contributed by atoms with Crippen molar-refractivity contribution in [2.45, 2.75) is 19.3 Å². The van der Waals surface area contributed by atoms with Crippen LogP contribution in [-0.4, -0.2) is 0 Å². The van der Waals surface area contributed by atoms with Gasteiger partial charge in [0.05, 0.1) is 0 Å². The van der Waals surface area contributed by atoms with Crippen LogP contribution in [0, 0.1) is 0 Å². The zero-order valence-corrected chi connectivity index (χ0v) is 29.1. The molecule has 52 heavy (non-hydrogen) atoms. The van der Waals surface area contributed by atoms with E-state index in [1.807, 2.05) is 6.08 Å². The monoisotopic (exact) mass is 665 g/mol. The Hall–Kier alpha value is -6.44. The van der Waals surface area contributed by atoms with E-state index in [1.165, 1.54) is 81.7 Å². The highest BCUT2D eigenvalue weighted by atomic mass is 14.6. The Labute approximate surface area is 305 Å². The van der Waals surface area contributed by atoms with E-state index in [0.29, 0.717) is 0 Å². The summed E-state index contributed by atoms with van der Waals surface area (Å²) in [5, 5.41) is 10.3. The molecule has 0 fully saturated rings. The zero-order valence-electron chi connectivity index (χ0n) is 29.1. The first kappa shape index (κ1) is 31.5. The van der Waals surface area contributed by atoms with Gasteiger partial charge in [-0.15, -0.1) is 0 Å². The van der Waals surface area contributed by atoms with E-state index in [0.717, 1.165) is 30.5 Å². The van der Waals surface area contributed by atoms with E-state index >= 15 is 0 Å². The Morgan fingerprint density at radius 1 is 0.481 bits per heavy atom. The summed E-state index contributed by atoms with van der Waals surface area (Å²) in [6.45, 7) is 0. The third kappa shape index (κ3) is 5.81. The van der Waals surface area contributed by atoms with Gasteiger partial charge in [0, 0.05) is 5.70 Å². The molecule has 0 unspecified atom stereocenters. The van der Waals surface area contributed by atoms with E-state index in [1.54, 1.807) is 0 Å². The minimum absolute atomic E-state index is 0.765. The number of allylic oxidation sites excluding steroid dienone is 3. The van der Waals surface area contributed by atoms with E-state index in [-0.39, 0.29) is 0 Å². The van der Waals surface area contributed by atoms with Crippen molar-refractivity contribution in [2.75, 3.05) is 0 Å². The van der Waals surface area contributed by atoms with Gasteiger partial charge in [-0.2, -0.15) is 0 Å². The first-order valence-electron chi connectivity index (χ1n) is 18.2. The van der Waals surface area contributed by atoms with E-state index in [4.69, 9.17) is 5.73 Å². The van der Waals surface area contributed by atoms with Gasteiger partial charge < -0.3 is 5.73 Å². The molecule has 0 amide bonds. The van der Waals surface area contributed by atoms with Crippen LogP contribution in [0.5, 0.6) is 0 Å². The average molecular weight is 666 g/mol. The Morgan fingerprint density at radius 3 is 1.79 bits per heavy atom. The first-order valence-corrected chi connectivity index (χ1v) is 18.2. The van der Waals surface area contributed by atoms with Gasteiger partial charge in [0.25, 0.3) is 0 Å². The highest BCUT2D eigenvalue weighted by Gasteiger charge is 2.21. The molecule has 8 aromatic rings. The number of hydrogen-bond acceptors (Lipinski definition) is 1. The summed E-state index contributed by atoms with van der Waals surface area (Å²) >= 11 is 0. The Bertz CT molecular complexity index is 2760. The standard InChI is InChI=1S/C51H39N/c52-49(39-30-29-36-17-5-6-20-38(36)34-39)28-13-4-15-35-16-14-21-40(33-35)50-44-24-9-11-26-46(44)51(47-27-12-10-25-45(47)50)48-32-31-41(37-18-2-1-3-19-37)42-22-7-8-23-43(42)48/h1-14,16-30,33-34H,15,31-32,52H2/b13-4-,49-28-. The number of fused-ring (bicyclic) bond motifs is 4. The molecule has 0 saturated carbocycles. The second-order valence-corrected chi connectivity index (χ2v) is 13.7. The Kier molecular flexibility index (Phi) is 8.31. The molecule has 9 rings (SSSR count). The summed E-state index contributed by atoms with van der Waals surface area (Å²) in [7, 11) is 0. The van der Waals surface area contributed by atoms with Crippen LogP contribution in [0.15, 0.2) is 188 Å². The van der Waals surface area contributed by atoms with Crippen LogP contribution in [0.3, 0.4) is 0 Å². The first-order chi connectivity index (χ1) is 25.7. The summed E-state index contributed by atoms with van der Waals surface area (Å²) in [5.41, 5.74) is 17.7. The highest BCUT2D eigenvalue weighted by molar-refractivity contribution is 6.18. The molecule has 248 valence electrons. The molecule has 0 bridgehead atoms. The second-order valence-electron chi connectivity index (χ2n) is 13.7. The molecule has 1 heteroatoms. The van der Waals surface area contributed by atoms with Crippen molar-refractivity contribution >= 4 is 49.2 Å². The van der Waals surface area contributed by atoms with Crippen LogP contribution in [0.1, 0.15) is 35.1 Å². The van der Waals surface area contributed by atoms with Gasteiger partial charge in [-0.05, 0) is 119 Å². The molecule has 0 spiro atoms. The lowest BCUT2D eigenvalue weighted by Crippen LogP contribution is -2.32. The van der Waals surface area contributed by atoms with E-state index in [9.17, 15) is 0 Å². The lowest BCUT2D eigenvalue weighted by Gasteiger charge is -2.23. The van der Waals surface area contributed by atoms with Crippen molar-refractivity contribution in [1.29, 1.82) is 0 Å².